The van der Waals surface area contributed by atoms with Crippen LogP contribution < -0.4 is 5.32 Å². The number of carbonyl (C=O) groups excluding carboxylic acids is 1. The smallest absolute Gasteiger partial charge is 0.345 e. The van der Waals surface area contributed by atoms with Crippen molar-refractivity contribution >= 4 is 5.91 Å². The minimum atomic E-state index is -4.80. The highest BCUT2D eigenvalue weighted by Gasteiger charge is 2.41. The Morgan fingerprint density at radius 2 is 2.04 bits per heavy atom. The number of piperidine rings is 1. The number of amides is 1. The van der Waals surface area contributed by atoms with Crippen LogP contribution in [0.25, 0.3) is 0 Å². The molecule has 3 nitrogen and oxygen atoms in total. The van der Waals surface area contributed by atoms with Crippen LogP contribution in [0.1, 0.15) is 26.2 Å². The molecule has 1 aliphatic heterocycles. The lowest BCUT2D eigenvalue weighted by Gasteiger charge is -2.37. The van der Waals surface area contributed by atoms with Crippen LogP contribution in [-0.2, 0) is 4.79 Å². The number of hydrogen-bond donors (Lipinski definition) is 1. The van der Waals surface area contributed by atoms with Gasteiger partial charge in [0.15, 0.2) is 0 Å². The van der Waals surface area contributed by atoms with E-state index in [1.807, 2.05) is 13.0 Å². The number of rotatable bonds is 4. The summed E-state index contributed by atoms with van der Waals surface area (Å²) < 4.78 is 37.1. The molecule has 0 spiro atoms. The van der Waals surface area contributed by atoms with E-state index in [-0.39, 0.29) is 5.92 Å². The minimum Gasteiger partial charge on any atom is -0.345 e. The molecular weight excluding hydrogens is 317 g/mol. The molecule has 2 aliphatic rings. The van der Waals surface area contributed by atoms with E-state index in [0.29, 0.717) is 25.4 Å². The fourth-order valence-corrected chi connectivity index (χ4v) is 3.18. The molecule has 24 heavy (non-hydrogen) atoms. The molecule has 1 amide bonds. The number of carbonyl (C=O) groups is 1. The zero-order valence-corrected chi connectivity index (χ0v) is 13.9. The molecule has 0 radical (unpaired) electrons. The van der Waals surface area contributed by atoms with E-state index in [0.717, 1.165) is 19.4 Å². The first kappa shape index (κ1) is 18.8. The predicted octanol–water partition coefficient (Wildman–Crippen LogP) is 3.45. The molecule has 6 heteroatoms. The number of halogens is 3. The Bertz CT molecular complexity index is 511. The molecule has 1 heterocycles. The van der Waals surface area contributed by atoms with Gasteiger partial charge in [0.25, 0.3) is 0 Å². The molecule has 3 atom stereocenters. The fourth-order valence-electron chi connectivity index (χ4n) is 3.18. The van der Waals surface area contributed by atoms with Crippen LogP contribution in [0.4, 0.5) is 13.2 Å². The van der Waals surface area contributed by atoms with Gasteiger partial charge in [-0.2, -0.15) is 13.2 Å². The highest BCUT2D eigenvalue weighted by atomic mass is 19.4. The highest BCUT2D eigenvalue weighted by Crippen LogP contribution is 2.21. The molecule has 1 fully saturated rings. The van der Waals surface area contributed by atoms with Crippen molar-refractivity contribution in [1.82, 2.24) is 10.2 Å². The van der Waals surface area contributed by atoms with Crippen LogP contribution in [0.15, 0.2) is 36.5 Å². The van der Waals surface area contributed by atoms with Gasteiger partial charge in [0.2, 0.25) is 0 Å². The molecule has 134 valence electrons. The summed E-state index contributed by atoms with van der Waals surface area (Å²) in [6.07, 6.45) is 10.4. The minimum absolute atomic E-state index is 0.0106. The standard InChI is InChI=1S/C18H25F3N2O/c1-14-13-23(11-9-15-7-5-3-2-4-6-8-15)12-10-16(14)22-17(24)18(19,20)21/h2-3,5-8,14-16H,4,9-13H2,1H3,(H,22,24)/b3-2?,7-5?,8-6-. The highest BCUT2D eigenvalue weighted by molar-refractivity contribution is 5.81. The Balaban J connectivity index is 1.77. The third-order valence-electron chi connectivity index (χ3n) is 4.60. The van der Waals surface area contributed by atoms with Gasteiger partial charge in [0, 0.05) is 19.1 Å². The van der Waals surface area contributed by atoms with Gasteiger partial charge in [-0.3, -0.25) is 4.79 Å². The van der Waals surface area contributed by atoms with Crippen molar-refractivity contribution in [3.63, 3.8) is 0 Å². The second kappa shape index (κ2) is 8.51. The van der Waals surface area contributed by atoms with E-state index >= 15 is 0 Å². The average Bonchev–Trinajstić information content (AvgIpc) is 2.47. The van der Waals surface area contributed by atoms with Crippen LogP contribution in [0, 0.1) is 11.8 Å². The number of nitrogens with zero attached hydrogens (tertiary/aromatic N) is 1. The van der Waals surface area contributed by atoms with Crippen LogP contribution in [0.3, 0.4) is 0 Å². The van der Waals surface area contributed by atoms with Crippen LogP contribution >= 0.6 is 0 Å². The zero-order valence-electron chi connectivity index (χ0n) is 13.9. The molecule has 0 aromatic rings. The maximum absolute atomic E-state index is 12.4. The van der Waals surface area contributed by atoms with Gasteiger partial charge in [-0.15, -0.1) is 0 Å². The van der Waals surface area contributed by atoms with Gasteiger partial charge in [-0.1, -0.05) is 43.4 Å². The SMILES string of the molecule is CC1CN(CCC2C=CC=CC/C=C\2)CCC1NC(=O)C(F)(F)F. The first-order valence-electron chi connectivity index (χ1n) is 8.46. The Morgan fingerprint density at radius 3 is 2.75 bits per heavy atom. The molecule has 0 saturated carbocycles. The van der Waals surface area contributed by atoms with E-state index in [1.165, 1.54) is 0 Å². The molecule has 1 N–H and O–H groups in total. The van der Waals surface area contributed by atoms with Crippen molar-refractivity contribution < 1.29 is 18.0 Å². The maximum atomic E-state index is 12.4. The van der Waals surface area contributed by atoms with E-state index in [1.54, 1.807) is 0 Å². The van der Waals surface area contributed by atoms with Crippen molar-refractivity contribution in [2.24, 2.45) is 11.8 Å². The lowest BCUT2D eigenvalue weighted by Crippen LogP contribution is -2.52. The Labute approximate surface area is 141 Å². The number of nitrogens with one attached hydrogen (secondary N) is 1. The summed E-state index contributed by atoms with van der Waals surface area (Å²) in [6.45, 7) is 4.23. The Hall–Kier alpha value is -1.56. The maximum Gasteiger partial charge on any atom is 0.471 e. The second-order valence-electron chi connectivity index (χ2n) is 6.57. The normalized spacial score (nSPS) is 29.8. The average molecular weight is 342 g/mol. The van der Waals surface area contributed by atoms with E-state index in [9.17, 15) is 18.0 Å². The molecule has 0 aromatic carbocycles. The van der Waals surface area contributed by atoms with E-state index in [2.05, 4.69) is 40.6 Å². The first-order chi connectivity index (χ1) is 11.4. The van der Waals surface area contributed by atoms with Gasteiger partial charge in [-0.05, 0) is 37.6 Å². The lowest BCUT2D eigenvalue weighted by molar-refractivity contribution is -0.175. The summed E-state index contributed by atoms with van der Waals surface area (Å²) in [7, 11) is 0. The summed E-state index contributed by atoms with van der Waals surface area (Å²) in [5.41, 5.74) is 0. The van der Waals surface area contributed by atoms with Crippen molar-refractivity contribution in [1.29, 1.82) is 0 Å². The van der Waals surface area contributed by atoms with E-state index < -0.39 is 18.1 Å². The quantitative estimate of drug-likeness (QED) is 0.794. The molecule has 3 unspecified atom stereocenters. The van der Waals surface area contributed by atoms with Crippen LogP contribution in [0.2, 0.25) is 0 Å². The summed E-state index contributed by atoms with van der Waals surface area (Å²) in [5.74, 6) is -1.42. The molecule has 0 bridgehead atoms. The number of hydrogen-bond acceptors (Lipinski definition) is 2. The van der Waals surface area contributed by atoms with Crippen molar-refractivity contribution in [3.8, 4) is 0 Å². The number of alkyl halides is 3. The Kier molecular flexibility index (Phi) is 6.66. The molecular formula is C18H25F3N2O. The molecule has 1 saturated heterocycles. The molecule has 2 rings (SSSR count). The van der Waals surface area contributed by atoms with Gasteiger partial charge >= 0.3 is 12.1 Å². The zero-order chi connectivity index (χ0) is 17.6. The predicted molar refractivity (Wildman–Crippen MR) is 88.4 cm³/mol. The summed E-state index contributed by atoms with van der Waals surface area (Å²) >= 11 is 0. The summed E-state index contributed by atoms with van der Waals surface area (Å²) in [4.78, 5) is 13.4. The van der Waals surface area contributed by atoms with Gasteiger partial charge in [-0.25, -0.2) is 0 Å². The topological polar surface area (TPSA) is 32.3 Å². The summed E-state index contributed by atoms with van der Waals surface area (Å²) in [6, 6.07) is -0.401. The van der Waals surface area contributed by atoms with Crippen molar-refractivity contribution in [2.75, 3.05) is 19.6 Å². The van der Waals surface area contributed by atoms with Gasteiger partial charge in [0.1, 0.15) is 0 Å². The largest absolute Gasteiger partial charge is 0.471 e. The van der Waals surface area contributed by atoms with Gasteiger partial charge in [0.05, 0.1) is 0 Å². The van der Waals surface area contributed by atoms with Crippen LogP contribution in [-0.4, -0.2) is 42.7 Å². The third kappa shape index (κ3) is 5.82. The van der Waals surface area contributed by atoms with Gasteiger partial charge < -0.3 is 10.2 Å². The molecule has 0 aromatic heterocycles. The van der Waals surface area contributed by atoms with Crippen molar-refractivity contribution in [2.45, 2.75) is 38.4 Å². The van der Waals surface area contributed by atoms with Crippen molar-refractivity contribution in [3.05, 3.63) is 36.5 Å². The fraction of sp³-hybridized carbons (Fsp3) is 0.611. The lowest BCUT2D eigenvalue weighted by atomic mass is 9.93. The summed E-state index contributed by atoms with van der Waals surface area (Å²) in [5, 5.41) is 2.13. The third-order valence-corrected chi connectivity index (χ3v) is 4.60. The van der Waals surface area contributed by atoms with E-state index in [4.69, 9.17) is 0 Å². The number of allylic oxidation sites excluding steroid dienone is 6. The molecule has 1 aliphatic carbocycles. The number of likely N-dealkylation sites (tertiary alicyclic amines) is 1. The second-order valence-corrected chi connectivity index (χ2v) is 6.57. The van der Waals surface area contributed by atoms with Crippen LogP contribution in [0.5, 0.6) is 0 Å². The first-order valence-corrected chi connectivity index (χ1v) is 8.46. The Morgan fingerprint density at radius 1 is 1.25 bits per heavy atom. The monoisotopic (exact) mass is 342 g/mol.